The Labute approximate surface area is 177 Å². The predicted octanol–water partition coefficient (Wildman–Crippen LogP) is 4.53. The van der Waals surface area contributed by atoms with Crippen molar-refractivity contribution in [2.75, 3.05) is 0 Å². The number of rotatable bonds is 6. The van der Waals surface area contributed by atoms with E-state index in [1.807, 2.05) is 0 Å². The lowest BCUT2D eigenvalue weighted by molar-refractivity contribution is 0.0735. The smallest absolute Gasteiger partial charge is 0.345 e. The van der Waals surface area contributed by atoms with Gasteiger partial charge in [-0.05, 0) is 66.2 Å². The largest absolute Gasteiger partial charge is 0.423 e. The molecule has 9 heteroatoms. The van der Waals surface area contributed by atoms with Crippen LogP contribution in [0.15, 0.2) is 82.8 Å². The van der Waals surface area contributed by atoms with Gasteiger partial charge in [-0.3, -0.25) is 0 Å². The molecule has 0 saturated carbocycles. The van der Waals surface area contributed by atoms with Crippen molar-refractivity contribution < 1.29 is 17.9 Å². The zero-order valence-electron chi connectivity index (χ0n) is 14.7. The maximum atomic E-state index is 12.1. The molecule has 0 aliphatic heterocycles. The van der Waals surface area contributed by atoms with Crippen LogP contribution in [0.3, 0.4) is 0 Å². The number of hydrogen-bond donors (Lipinski definition) is 1. The van der Waals surface area contributed by atoms with E-state index in [0.717, 1.165) is 0 Å². The van der Waals surface area contributed by atoms with E-state index < -0.39 is 16.0 Å². The number of hydrazone groups is 1. The molecule has 6 nitrogen and oxygen atoms in total. The lowest BCUT2D eigenvalue weighted by Gasteiger charge is -2.06. The number of esters is 1. The molecule has 0 aliphatic rings. The summed E-state index contributed by atoms with van der Waals surface area (Å²) in [7, 11) is -3.79. The lowest BCUT2D eigenvalue weighted by Crippen LogP contribution is -2.18. The average molecular weight is 449 g/mol. The molecule has 148 valence electrons. The Bertz CT molecular complexity index is 1150. The average Bonchev–Trinajstić information content (AvgIpc) is 2.70. The van der Waals surface area contributed by atoms with Gasteiger partial charge in [0.05, 0.1) is 21.7 Å². The summed E-state index contributed by atoms with van der Waals surface area (Å²) in [5, 5.41) is 4.47. The first-order chi connectivity index (χ1) is 13.8. The monoisotopic (exact) mass is 448 g/mol. The molecule has 0 heterocycles. The first kappa shape index (κ1) is 20.9. The van der Waals surface area contributed by atoms with E-state index in [0.29, 0.717) is 21.4 Å². The molecule has 1 N–H and O–H groups in total. The van der Waals surface area contributed by atoms with Crippen LogP contribution in [0, 0.1) is 0 Å². The summed E-state index contributed by atoms with van der Waals surface area (Å²) in [6, 6.07) is 18.6. The minimum Gasteiger partial charge on any atom is -0.423 e. The van der Waals surface area contributed by atoms with E-state index in [2.05, 4.69) is 9.93 Å². The van der Waals surface area contributed by atoms with E-state index in [1.54, 1.807) is 48.5 Å². The highest BCUT2D eigenvalue weighted by atomic mass is 35.5. The molecule has 0 saturated heterocycles. The summed E-state index contributed by atoms with van der Waals surface area (Å²) < 4.78 is 29.5. The highest BCUT2D eigenvalue weighted by Crippen LogP contribution is 2.19. The van der Waals surface area contributed by atoms with Gasteiger partial charge in [0.25, 0.3) is 10.0 Å². The van der Waals surface area contributed by atoms with Crippen LogP contribution in [0.5, 0.6) is 5.75 Å². The molecule has 0 unspecified atom stereocenters. The number of ether oxygens (including phenoxy) is 1. The van der Waals surface area contributed by atoms with Crippen molar-refractivity contribution in [1.82, 2.24) is 4.83 Å². The summed E-state index contributed by atoms with van der Waals surface area (Å²) in [5.74, 6) is -0.262. The first-order valence-electron chi connectivity index (χ1n) is 8.22. The fourth-order valence-electron chi connectivity index (χ4n) is 2.25. The zero-order chi connectivity index (χ0) is 20.9. The summed E-state index contributed by atoms with van der Waals surface area (Å²) in [6.45, 7) is 0. The Morgan fingerprint density at radius 2 is 1.59 bits per heavy atom. The SMILES string of the molecule is O=C(Oc1ccc(/C=N/NS(=O)(=O)c2ccc(Cl)cc2)cc1)c1ccccc1Cl. The molecule has 0 atom stereocenters. The maximum Gasteiger partial charge on any atom is 0.345 e. The van der Waals surface area contributed by atoms with Crippen molar-refractivity contribution in [2.45, 2.75) is 4.90 Å². The van der Waals surface area contributed by atoms with E-state index in [4.69, 9.17) is 27.9 Å². The molecule has 3 aromatic carbocycles. The number of hydrogen-bond acceptors (Lipinski definition) is 5. The van der Waals surface area contributed by atoms with E-state index in [-0.39, 0.29) is 10.5 Å². The number of sulfonamides is 1. The second-order valence-corrected chi connectivity index (χ2v) is 8.25. The third-order valence-corrected chi connectivity index (χ3v) is 5.51. The maximum absolute atomic E-state index is 12.1. The van der Waals surface area contributed by atoms with E-state index in [1.165, 1.54) is 30.5 Å². The van der Waals surface area contributed by atoms with E-state index >= 15 is 0 Å². The zero-order valence-corrected chi connectivity index (χ0v) is 17.1. The van der Waals surface area contributed by atoms with Crippen molar-refractivity contribution in [3.63, 3.8) is 0 Å². The highest BCUT2D eigenvalue weighted by molar-refractivity contribution is 7.89. The van der Waals surface area contributed by atoms with Crippen LogP contribution in [0.2, 0.25) is 10.0 Å². The van der Waals surface area contributed by atoms with Crippen molar-refractivity contribution >= 4 is 45.4 Å². The van der Waals surface area contributed by atoms with Crippen molar-refractivity contribution in [3.05, 3.63) is 94.0 Å². The fraction of sp³-hybridized carbons (Fsp3) is 0. The molecular formula is C20H14Cl2N2O4S. The van der Waals surface area contributed by atoms with Crippen LogP contribution in [-0.2, 0) is 10.0 Å². The second kappa shape index (κ2) is 9.09. The first-order valence-corrected chi connectivity index (χ1v) is 10.5. The minimum absolute atomic E-state index is 0.0425. The number of nitrogens with zero attached hydrogens (tertiary/aromatic N) is 1. The second-order valence-electron chi connectivity index (χ2n) is 5.75. The summed E-state index contributed by atoms with van der Waals surface area (Å²) in [6.07, 6.45) is 1.33. The third kappa shape index (κ3) is 5.57. The van der Waals surface area contributed by atoms with Gasteiger partial charge in [0, 0.05) is 5.02 Å². The van der Waals surface area contributed by atoms with Gasteiger partial charge in [-0.15, -0.1) is 0 Å². The van der Waals surface area contributed by atoms with Gasteiger partial charge in [0.15, 0.2) is 0 Å². The highest BCUT2D eigenvalue weighted by Gasteiger charge is 2.13. The number of carbonyl (C=O) groups excluding carboxylic acids is 1. The molecule has 29 heavy (non-hydrogen) atoms. The summed E-state index contributed by atoms with van der Waals surface area (Å²) in [5.41, 5.74) is 0.859. The molecule has 3 aromatic rings. The quantitative estimate of drug-likeness (QED) is 0.260. The molecular weight excluding hydrogens is 435 g/mol. The van der Waals surface area contributed by atoms with Gasteiger partial charge in [0.2, 0.25) is 0 Å². The molecule has 0 radical (unpaired) electrons. The van der Waals surface area contributed by atoms with E-state index in [9.17, 15) is 13.2 Å². The van der Waals surface area contributed by atoms with Gasteiger partial charge >= 0.3 is 5.97 Å². The van der Waals surface area contributed by atoms with Crippen molar-refractivity contribution in [2.24, 2.45) is 5.10 Å². The minimum atomic E-state index is -3.79. The van der Waals surface area contributed by atoms with Crippen LogP contribution in [0.1, 0.15) is 15.9 Å². The van der Waals surface area contributed by atoms with Gasteiger partial charge in [0.1, 0.15) is 5.75 Å². The Morgan fingerprint density at radius 3 is 2.24 bits per heavy atom. The van der Waals surface area contributed by atoms with Gasteiger partial charge in [-0.25, -0.2) is 9.63 Å². The Kier molecular flexibility index (Phi) is 6.53. The Balaban J connectivity index is 1.62. The summed E-state index contributed by atoms with van der Waals surface area (Å²) in [4.78, 5) is 14.3. The molecule has 0 aromatic heterocycles. The van der Waals surface area contributed by atoms with Crippen molar-refractivity contribution in [3.8, 4) is 5.75 Å². The van der Waals surface area contributed by atoms with Crippen LogP contribution in [0.25, 0.3) is 0 Å². The van der Waals surface area contributed by atoms with Crippen LogP contribution in [0.4, 0.5) is 0 Å². The van der Waals surface area contributed by atoms with Gasteiger partial charge < -0.3 is 4.74 Å². The van der Waals surface area contributed by atoms with Crippen LogP contribution in [-0.4, -0.2) is 20.6 Å². The number of carbonyl (C=O) groups is 1. The summed E-state index contributed by atoms with van der Waals surface area (Å²) >= 11 is 11.7. The third-order valence-electron chi connectivity index (χ3n) is 3.69. The molecule has 0 amide bonds. The molecule has 3 rings (SSSR count). The van der Waals surface area contributed by atoms with Crippen LogP contribution < -0.4 is 9.57 Å². The normalized spacial score (nSPS) is 11.4. The molecule has 0 aliphatic carbocycles. The molecule has 0 spiro atoms. The lowest BCUT2D eigenvalue weighted by atomic mass is 10.2. The standard InChI is InChI=1S/C20H14Cl2N2O4S/c21-15-7-11-17(12-8-15)29(26,27)24-23-13-14-5-9-16(10-6-14)28-20(25)18-3-1-2-4-19(18)22/h1-13,24H/b23-13+. The Morgan fingerprint density at radius 1 is 0.931 bits per heavy atom. The number of halogens is 2. The van der Waals surface area contributed by atoms with Gasteiger partial charge in [-0.1, -0.05) is 35.3 Å². The molecule has 0 fully saturated rings. The fourth-order valence-corrected chi connectivity index (χ4v) is 3.38. The topological polar surface area (TPSA) is 84.8 Å². The number of nitrogens with one attached hydrogen (secondary N) is 1. The van der Waals surface area contributed by atoms with Crippen LogP contribution >= 0.6 is 23.2 Å². The predicted molar refractivity (Wildman–Crippen MR) is 112 cm³/mol. The number of benzene rings is 3. The van der Waals surface area contributed by atoms with Crippen molar-refractivity contribution in [1.29, 1.82) is 0 Å². The molecule has 0 bridgehead atoms. The van der Waals surface area contributed by atoms with Gasteiger partial charge in [-0.2, -0.15) is 13.5 Å². The Hall–Kier alpha value is -2.87.